The summed E-state index contributed by atoms with van der Waals surface area (Å²) in [5, 5.41) is 3.49. The molecule has 0 radical (unpaired) electrons. The number of rotatable bonds is 3. The smallest absolute Gasteiger partial charge is 0.257 e. The zero-order chi connectivity index (χ0) is 17.2. The fourth-order valence-electron chi connectivity index (χ4n) is 2.77. The highest BCUT2D eigenvalue weighted by molar-refractivity contribution is 9.10. The maximum absolute atomic E-state index is 12.5. The molecule has 1 N–H and O–H groups in total. The maximum atomic E-state index is 12.5. The van der Waals surface area contributed by atoms with E-state index in [-0.39, 0.29) is 5.91 Å². The Morgan fingerprint density at radius 2 is 1.92 bits per heavy atom. The van der Waals surface area contributed by atoms with Crippen molar-refractivity contribution in [3.63, 3.8) is 0 Å². The molecule has 3 aromatic rings. The molecule has 4 rings (SSSR count). The molecular weight excluding hydrogens is 402 g/mol. The van der Waals surface area contributed by atoms with Gasteiger partial charge in [-0.25, -0.2) is 4.98 Å². The van der Waals surface area contributed by atoms with Crippen LogP contribution in [0.2, 0.25) is 0 Å². The highest BCUT2D eigenvalue weighted by atomic mass is 79.9. The van der Waals surface area contributed by atoms with Crippen molar-refractivity contribution in [3.05, 3.63) is 52.5 Å². The van der Waals surface area contributed by atoms with Crippen molar-refractivity contribution in [1.29, 1.82) is 0 Å². The number of nitrogens with zero attached hydrogens (tertiary/aromatic N) is 2. The molecule has 1 amide bonds. The lowest BCUT2D eigenvalue weighted by Crippen LogP contribution is -2.36. The summed E-state index contributed by atoms with van der Waals surface area (Å²) in [7, 11) is 0. The molecule has 1 aliphatic heterocycles. The maximum Gasteiger partial charge on any atom is 0.257 e. The number of hydrogen-bond acceptors (Lipinski definition) is 5. The highest BCUT2D eigenvalue weighted by Gasteiger charge is 2.13. The Labute approximate surface area is 157 Å². The summed E-state index contributed by atoms with van der Waals surface area (Å²) in [6.45, 7) is 3.26. The van der Waals surface area contributed by atoms with Crippen molar-refractivity contribution in [2.24, 2.45) is 0 Å². The minimum absolute atomic E-state index is 0.147. The number of anilines is 2. The van der Waals surface area contributed by atoms with Gasteiger partial charge in [0.15, 0.2) is 5.13 Å². The first kappa shape index (κ1) is 16.5. The fourth-order valence-corrected chi connectivity index (χ4v) is 4.18. The third-order valence-electron chi connectivity index (χ3n) is 4.08. The number of nitrogens with one attached hydrogen (secondary N) is 1. The molecule has 0 unspecified atom stereocenters. The van der Waals surface area contributed by atoms with Crippen LogP contribution < -0.4 is 10.2 Å². The first-order valence-electron chi connectivity index (χ1n) is 7.99. The van der Waals surface area contributed by atoms with E-state index in [0.29, 0.717) is 10.7 Å². The van der Waals surface area contributed by atoms with Crippen molar-refractivity contribution < 1.29 is 9.53 Å². The Bertz CT molecular complexity index is 904. The Morgan fingerprint density at radius 3 is 2.68 bits per heavy atom. The van der Waals surface area contributed by atoms with Gasteiger partial charge in [-0.3, -0.25) is 10.1 Å². The van der Waals surface area contributed by atoms with Gasteiger partial charge in [0.05, 0.1) is 23.4 Å². The quantitative estimate of drug-likeness (QED) is 0.695. The summed E-state index contributed by atoms with van der Waals surface area (Å²) in [6.07, 6.45) is 0. The molecule has 1 aromatic heterocycles. The van der Waals surface area contributed by atoms with E-state index in [0.717, 1.165) is 46.7 Å². The van der Waals surface area contributed by atoms with Crippen molar-refractivity contribution in [2.75, 3.05) is 36.5 Å². The van der Waals surface area contributed by atoms with Crippen LogP contribution in [0.5, 0.6) is 0 Å². The third kappa shape index (κ3) is 3.68. The highest BCUT2D eigenvalue weighted by Crippen LogP contribution is 2.28. The van der Waals surface area contributed by atoms with Gasteiger partial charge >= 0.3 is 0 Å². The molecule has 2 heterocycles. The number of fused-ring (bicyclic) bond motifs is 1. The van der Waals surface area contributed by atoms with Crippen LogP contribution in [0, 0.1) is 0 Å². The average molecular weight is 418 g/mol. The first-order chi connectivity index (χ1) is 12.2. The van der Waals surface area contributed by atoms with Crippen molar-refractivity contribution >= 4 is 54.2 Å². The van der Waals surface area contributed by atoms with Gasteiger partial charge < -0.3 is 9.64 Å². The topological polar surface area (TPSA) is 54.5 Å². The van der Waals surface area contributed by atoms with Gasteiger partial charge in [0.1, 0.15) is 0 Å². The third-order valence-corrected chi connectivity index (χ3v) is 5.50. The van der Waals surface area contributed by atoms with Gasteiger partial charge in [0, 0.05) is 28.8 Å². The predicted octanol–water partition coefficient (Wildman–Crippen LogP) is 4.15. The number of carbonyl (C=O) groups excluding carboxylic acids is 1. The second-order valence-corrected chi connectivity index (χ2v) is 7.68. The summed E-state index contributed by atoms with van der Waals surface area (Å²) in [5.74, 6) is -0.147. The molecule has 25 heavy (non-hydrogen) atoms. The zero-order valence-electron chi connectivity index (χ0n) is 13.4. The van der Waals surface area contributed by atoms with E-state index in [1.807, 2.05) is 42.5 Å². The number of morpholine rings is 1. The molecule has 1 aliphatic rings. The lowest BCUT2D eigenvalue weighted by Gasteiger charge is -2.28. The molecule has 7 heteroatoms. The lowest BCUT2D eigenvalue weighted by atomic mass is 10.2. The van der Waals surface area contributed by atoms with Gasteiger partial charge in [0.25, 0.3) is 5.91 Å². The molecule has 2 aromatic carbocycles. The second-order valence-electron chi connectivity index (χ2n) is 5.73. The number of aromatic nitrogens is 1. The van der Waals surface area contributed by atoms with Crippen molar-refractivity contribution in [2.45, 2.75) is 0 Å². The van der Waals surface area contributed by atoms with Gasteiger partial charge in [-0.05, 0) is 42.5 Å². The summed E-state index contributed by atoms with van der Waals surface area (Å²) in [6, 6.07) is 13.5. The SMILES string of the molecule is O=C(Nc1nc2ccc(Br)cc2s1)c1ccc(N2CCOCC2)cc1. The Kier molecular flexibility index (Phi) is 4.70. The number of hydrogen-bond donors (Lipinski definition) is 1. The monoisotopic (exact) mass is 417 g/mol. The van der Waals surface area contributed by atoms with Crippen LogP contribution in [0.3, 0.4) is 0 Å². The predicted molar refractivity (Wildman–Crippen MR) is 105 cm³/mol. The normalized spacial score (nSPS) is 14.7. The van der Waals surface area contributed by atoms with E-state index in [1.54, 1.807) is 0 Å². The summed E-state index contributed by atoms with van der Waals surface area (Å²) < 4.78 is 7.40. The van der Waals surface area contributed by atoms with Crippen LogP contribution >= 0.6 is 27.3 Å². The van der Waals surface area contributed by atoms with Crippen LogP contribution in [-0.4, -0.2) is 37.2 Å². The number of thiazole rings is 1. The van der Waals surface area contributed by atoms with Gasteiger partial charge in [0.2, 0.25) is 0 Å². The molecule has 1 saturated heterocycles. The number of amides is 1. The molecule has 0 aliphatic carbocycles. The Hall–Kier alpha value is -1.96. The average Bonchev–Trinajstić information content (AvgIpc) is 3.04. The van der Waals surface area contributed by atoms with Crippen LogP contribution in [0.4, 0.5) is 10.8 Å². The molecule has 0 atom stereocenters. The molecule has 0 bridgehead atoms. The summed E-state index contributed by atoms with van der Waals surface area (Å²) in [4.78, 5) is 19.2. The minimum Gasteiger partial charge on any atom is -0.378 e. The standard InChI is InChI=1S/C18H16BrN3O2S/c19-13-3-6-15-16(11-13)25-18(20-15)21-17(23)12-1-4-14(5-2-12)22-7-9-24-10-8-22/h1-6,11H,7-10H2,(H,20,21,23). The Morgan fingerprint density at radius 1 is 1.16 bits per heavy atom. The number of carbonyl (C=O) groups is 1. The van der Waals surface area contributed by atoms with Gasteiger partial charge in [-0.1, -0.05) is 27.3 Å². The molecule has 0 saturated carbocycles. The Balaban J connectivity index is 1.48. The fraction of sp³-hybridized carbons (Fsp3) is 0.222. The largest absolute Gasteiger partial charge is 0.378 e. The van der Waals surface area contributed by atoms with E-state index in [2.05, 4.69) is 31.1 Å². The summed E-state index contributed by atoms with van der Waals surface area (Å²) in [5.41, 5.74) is 2.62. The van der Waals surface area contributed by atoms with E-state index >= 15 is 0 Å². The van der Waals surface area contributed by atoms with E-state index in [4.69, 9.17) is 4.74 Å². The van der Waals surface area contributed by atoms with E-state index in [9.17, 15) is 4.79 Å². The van der Waals surface area contributed by atoms with Crippen LogP contribution in [0.25, 0.3) is 10.2 Å². The molecule has 5 nitrogen and oxygen atoms in total. The minimum atomic E-state index is -0.147. The van der Waals surface area contributed by atoms with Crippen LogP contribution in [0.1, 0.15) is 10.4 Å². The van der Waals surface area contributed by atoms with E-state index in [1.165, 1.54) is 11.3 Å². The van der Waals surface area contributed by atoms with Crippen LogP contribution in [-0.2, 0) is 4.74 Å². The molecular formula is C18H16BrN3O2S. The number of halogens is 1. The first-order valence-corrected chi connectivity index (χ1v) is 9.60. The summed E-state index contributed by atoms with van der Waals surface area (Å²) >= 11 is 4.91. The number of benzene rings is 2. The molecule has 128 valence electrons. The van der Waals surface area contributed by atoms with Gasteiger partial charge in [-0.15, -0.1) is 0 Å². The van der Waals surface area contributed by atoms with Crippen molar-refractivity contribution in [3.8, 4) is 0 Å². The number of ether oxygens (including phenoxy) is 1. The van der Waals surface area contributed by atoms with Gasteiger partial charge in [-0.2, -0.15) is 0 Å². The lowest BCUT2D eigenvalue weighted by molar-refractivity contribution is 0.102. The zero-order valence-corrected chi connectivity index (χ0v) is 15.8. The molecule has 1 fully saturated rings. The molecule has 0 spiro atoms. The van der Waals surface area contributed by atoms with E-state index < -0.39 is 0 Å². The second kappa shape index (κ2) is 7.11. The van der Waals surface area contributed by atoms with Crippen LogP contribution in [0.15, 0.2) is 46.9 Å². The van der Waals surface area contributed by atoms with Crippen molar-refractivity contribution in [1.82, 2.24) is 4.98 Å².